The summed E-state index contributed by atoms with van der Waals surface area (Å²) < 4.78 is 35.6. The topological polar surface area (TPSA) is 101 Å². The number of alkyl halides is 2. The number of aryl methyl sites for hydroxylation is 1. The van der Waals surface area contributed by atoms with Gasteiger partial charge in [-0.15, -0.1) is 0 Å². The Bertz CT molecular complexity index is 1530. The lowest BCUT2D eigenvalue weighted by atomic mass is 9.87. The Morgan fingerprint density at radius 1 is 1.18 bits per heavy atom. The number of pyridine rings is 1. The van der Waals surface area contributed by atoms with Crippen LogP contribution in [-0.4, -0.2) is 52.2 Å². The summed E-state index contributed by atoms with van der Waals surface area (Å²) in [6.45, 7) is 3.51. The molecular weight excluding hydrogens is 530 g/mol. The monoisotopic (exact) mass is 558 g/mol. The predicted molar refractivity (Wildman–Crippen MR) is 145 cm³/mol. The number of fused-ring (bicyclic) bond motifs is 3. The molecule has 2 aromatic heterocycles. The number of nitrogens with one attached hydrogen (secondary N) is 2. The van der Waals surface area contributed by atoms with Gasteiger partial charge in [-0.2, -0.15) is 4.98 Å². The number of anilines is 4. The number of benzene rings is 1. The van der Waals surface area contributed by atoms with Crippen LogP contribution in [0.4, 0.5) is 31.9 Å². The standard InChI is InChI=1S/C27H29ClF2N6O3/c1-13-10-36(11-14(2)27(13,29)30)26-31-9-18(28)23(34-26)32-16-6-7-20-17(8-16)22-21(24(37)35(20)3)25(38)39-12-19(33-22)15-4-5-15/h6-9,13-15,19,33H,4-5,10-12H2,1-3H3,(H,31,32,34)/t13-,14+,19-/m1/s1. The highest BCUT2D eigenvalue weighted by Crippen LogP contribution is 2.40. The van der Waals surface area contributed by atoms with Crippen molar-refractivity contribution in [2.75, 3.05) is 35.2 Å². The fourth-order valence-corrected chi connectivity index (χ4v) is 5.68. The van der Waals surface area contributed by atoms with Gasteiger partial charge in [0, 0.05) is 43.0 Å². The van der Waals surface area contributed by atoms with Crippen LogP contribution in [0.25, 0.3) is 10.9 Å². The van der Waals surface area contributed by atoms with Gasteiger partial charge < -0.3 is 24.8 Å². The molecule has 9 nitrogen and oxygen atoms in total. The van der Waals surface area contributed by atoms with E-state index in [1.807, 2.05) is 6.07 Å². The highest BCUT2D eigenvalue weighted by Gasteiger charge is 2.47. The molecule has 1 saturated heterocycles. The molecular formula is C27H29ClF2N6O3. The van der Waals surface area contributed by atoms with E-state index in [2.05, 4.69) is 20.6 Å². The minimum absolute atomic E-state index is 0.0159. The maximum atomic E-state index is 14.4. The molecule has 0 amide bonds. The summed E-state index contributed by atoms with van der Waals surface area (Å²) in [7, 11) is 1.62. The lowest BCUT2D eigenvalue weighted by Crippen LogP contribution is -2.52. The summed E-state index contributed by atoms with van der Waals surface area (Å²) in [6, 6.07) is 5.33. The van der Waals surface area contributed by atoms with Gasteiger partial charge >= 0.3 is 5.97 Å². The van der Waals surface area contributed by atoms with Crippen LogP contribution < -0.4 is 21.1 Å². The van der Waals surface area contributed by atoms with E-state index < -0.39 is 29.3 Å². The summed E-state index contributed by atoms with van der Waals surface area (Å²) in [5.74, 6) is -4.08. The van der Waals surface area contributed by atoms with Gasteiger partial charge in [-0.05, 0) is 37.0 Å². The number of nitrogens with zero attached hydrogens (tertiary/aromatic N) is 4. The summed E-state index contributed by atoms with van der Waals surface area (Å²) in [5.41, 5.74) is 1.28. The Balaban J connectivity index is 1.37. The molecule has 1 aliphatic carbocycles. The van der Waals surface area contributed by atoms with Crippen LogP contribution >= 0.6 is 11.6 Å². The number of carbonyl (C=O) groups is 1. The average Bonchev–Trinajstić information content (AvgIpc) is 3.75. The van der Waals surface area contributed by atoms with E-state index in [0.717, 1.165) is 12.8 Å². The van der Waals surface area contributed by atoms with Gasteiger partial charge in [-0.1, -0.05) is 25.4 Å². The second-order valence-corrected chi connectivity index (χ2v) is 11.3. The fourth-order valence-electron chi connectivity index (χ4n) is 5.54. The minimum Gasteiger partial charge on any atom is -0.460 e. The summed E-state index contributed by atoms with van der Waals surface area (Å²) in [5, 5.41) is 7.57. The lowest BCUT2D eigenvalue weighted by molar-refractivity contribution is -0.105. The molecule has 39 heavy (non-hydrogen) atoms. The zero-order valence-electron chi connectivity index (χ0n) is 21.8. The van der Waals surface area contributed by atoms with Crippen LogP contribution in [-0.2, 0) is 11.8 Å². The molecule has 1 aromatic carbocycles. The first-order chi connectivity index (χ1) is 18.5. The van der Waals surface area contributed by atoms with Crippen molar-refractivity contribution in [2.24, 2.45) is 24.8 Å². The van der Waals surface area contributed by atoms with Crippen molar-refractivity contribution < 1.29 is 18.3 Å². The summed E-state index contributed by atoms with van der Waals surface area (Å²) in [4.78, 5) is 36.5. The Morgan fingerprint density at radius 2 is 1.90 bits per heavy atom. The first kappa shape index (κ1) is 25.8. The molecule has 0 radical (unpaired) electrons. The van der Waals surface area contributed by atoms with E-state index in [1.54, 1.807) is 24.1 Å². The SMILES string of the molecule is C[C@@H]1CN(c2ncc(Cl)c(Nc3ccc4c(c3)c3c(c(=O)n4C)C(=O)OC[C@H](C4CC4)N3)n2)C[C@H](C)C1(F)F. The quantitative estimate of drug-likeness (QED) is 0.440. The number of piperidine rings is 1. The molecule has 0 unspecified atom stereocenters. The zero-order chi connectivity index (χ0) is 27.6. The lowest BCUT2D eigenvalue weighted by Gasteiger charge is -2.41. The second kappa shape index (κ2) is 9.32. The van der Waals surface area contributed by atoms with Crippen molar-refractivity contribution in [3.63, 3.8) is 0 Å². The van der Waals surface area contributed by atoms with Gasteiger partial charge in [0.15, 0.2) is 5.82 Å². The van der Waals surface area contributed by atoms with E-state index in [-0.39, 0.29) is 36.3 Å². The van der Waals surface area contributed by atoms with Gasteiger partial charge in [0.2, 0.25) is 5.95 Å². The predicted octanol–water partition coefficient (Wildman–Crippen LogP) is 4.81. The van der Waals surface area contributed by atoms with Crippen LogP contribution in [0.5, 0.6) is 0 Å². The van der Waals surface area contributed by atoms with Gasteiger partial charge in [0.25, 0.3) is 11.5 Å². The summed E-state index contributed by atoms with van der Waals surface area (Å²) >= 11 is 6.42. The molecule has 2 fully saturated rings. The molecule has 3 atom stereocenters. The number of esters is 1. The van der Waals surface area contributed by atoms with Crippen molar-refractivity contribution in [3.8, 4) is 0 Å². The molecule has 3 aliphatic rings. The van der Waals surface area contributed by atoms with Crippen LogP contribution in [0.2, 0.25) is 5.02 Å². The first-order valence-corrected chi connectivity index (χ1v) is 13.4. The summed E-state index contributed by atoms with van der Waals surface area (Å²) in [6.07, 6.45) is 3.53. The molecule has 0 spiro atoms. The molecule has 4 heterocycles. The van der Waals surface area contributed by atoms with Gasteiger partial charge in [-0.3, -0.25) is 4.79 Å². The third-order valence-electron chi connectivity index (χ3n) is 8.09. The molecule has 3 aromatic rings. The fraction of sp³-hybridized carbons (Fsp3) is 0.481. The number of hydrogen-bond acceptors (Lipinski definition) is 8. The third kappa shape index (κ3) is 4.46. The van der Waals surface area contributed by atoms with Crippen molar-refractivity contribution in [2.45, 2.75) is 38.7 Å². The molecule has 6 rings (SSSR count). The van der Waals surface area contributed by atoms with E-state index in [0.29, 0.717) is 40.0 Å². The van der Waals surface area contributed by atoms with E-state index in [4.69, 9.17) is 16.3 Å². The Morgan fingerprint density at radius 3 is 2.59 bits per heavy atom. The maximum absolute atomic E-state index is 14.4. The van der Waals surface area contributed by atoms with Gasteiger partial charge in [-0.25, -0.2) is 18.6 Å². The number of rotatable bonds is 4. The molecule has 1 saturated carbocycles. The van der Waals surface area contributed by atoms with Crippen LogP contribution in [0.15, 0.2) is 29.2 Å². The normalized spacial score (nSPS) is 24.5. The van der Waals surface area contributed by atoms with Gasteiger partial charge in [0.05, 0.1) is 23.4 Å². The molecule has 12 heteroatoms. The Labute approximate surface area is 228 Å². The molecule has 2 N–H and O–H groups in total. The van der Waals surface area contributed by atoms with Crippen molar-refractivity contribution >= 4 is 51.6 Å². The largest absolute Gasteiger partial charge is 0.460 e. The first-order valence-electron chi connectivity index (χ1n) is 13.1. The van der Waals surface area contributed by atoms with E-state index >= 15 is 0 Å². The number of carbonyl (C=O) groups excluding carboxylic acids is 1. The average molecular weight is 559 g/mol. The number of aromatic nitrogens is 3. The molecule has 206 valence electrons. The minimum atomic E-state index is -2.76. The van der Waals surface area contributed by atoms with Crippen molar-refractivity contribution in [1.29, 1.82) is 0 Å². The van der Waals surface area contributed by atoms with E-state index in [1.165, 1.54) is 24.6 Å². The van der Waals surface area contributed by atoms with E-state index in [9.17, 15) is 18.4 Å². The smallest absolute Gasteiger partial charge is 0.346 e. The Hall–Kier alpha value is -3.47. The number of halogens is 3. The zero-order valence-corrected chi connectivity index (χ0v) is 22.6. The Kier molecular flexibility index (Phi) is 6.16. The van der Waals surface area contributed by atoms with Crippen LogP contribution in [0.1, 0.15) is 37.0 Å². The number of cyclic esters (lactones) is 1. The maximum Gasteiger partial charge on any atom is 0.346 e. The molecule has 0 bridgehead atoms. The number of hydrogen-bond donors (Lipinski definition) is 2. The van der Waals surface area contributed by atoms with Crippen molar-refractivity contribution in [3.05, 3.63) is 45.3 Å². The number of ether oxygens (including phenoxy) is 1. The highest BCUT2D eigenvalue weighted by atomic mass is 35.5. The highest BCUT2D eigenvalue weighted by molar-refractivity contribution is 6.33. The second-order valence-electron chi connectivity index (χ2n) is 10.9. The van der Waals surface area contributed by atoms with Crippen molar-refractivity contribution in [1.82, 2.24) is 14.5 Å². The van der Waals surface area contributed by atoms with Gasteiger partial charge in [0.1, 0.15) is 17.2 Å². The van der Waals surface area contributed by atoms with Crippen LogP contribution in [0, 0.1) is 17.8 Å². The molecule has 2 aliphatic heterocycles. The van der Waals surface area contributed by atoms with Crippen LogP contribution in [0.3, 0.4) is 0 Å². The third-order valence-corrected chi connectivity index (χ3v) is 8.37.